The highest BCUT2D eigenvalue weighted by molar-refractivity contribution is 5.95. The molecule has 0 saturated carbocycles. The highest BCUT2D eigenvalue weighted by Crippen LogP contribution is 2.33. The van der Waals surface area contributed by atoms with Gasteiger partial charge in [-0.25, -0.2) is 9.59 Å². The molecular weight excluding hydrogens is 184 g/mol. The van der Waals surface area contributed by atoms with Crippen LogP contribution in [0.25, 0.3) is 0 Å². The number of carboxylic acid groups (broad SMARTS) is 2. The Morgan fingerprint density at radius 2 is 1.86 bits per heavy atom. The van der Waals surface area contributed by atoms with Crippen LogP contribution in [0.1, 0.15) is 20.3 Å². The molecule has 0 amide bonds. The summed E-state index contributed by atoms with van der Waals surface area (Å²) in [5.41, 5.74) is -0.204. The zero-order chi connectivity index (χ0) is 10.9. The van der Waals surface area contributed by atoms with Gasteiger partial charge in [-0.2, -0.15) is 0 Å². The van der Waals surface area contributed by atoms with Crippen LogP contribution < -0.4 is 0 Å². The second-order valence-electron chi connectivity index (χ2n) is 4.04. The van der Waals surface area contributed by atoms with E-state index in [1.54, 1.807) is 6.08 Å². The Kier molecular flexibility index (Phi) is 2.47. The summed E-state index contributed by atoms with van der Waals surface area (Å²) < 4.78 is 0. The molecule has 0 saturated heterocycles. The second-order valence-corrected chi connectivity index (χ2v) is 4.04. The van der Waals surface area contributed by atoms with Crippen molar-refractivity contribution in [2.45, 2.75) is 20.3 Å². The Morgan fingerprint density at radius 3 is 2.29 bits per heavy atom. The molecule has 0 radical (unpaired) electrons. The fourth-order valence-corrected chi connectivity index (χ4v) is 1.50. The number of hydrogen-bond donors (Lipinski definition) is 2. The Morgan fingerprint density at radius 1 is 1.29 bits per heavy atom. The molecule has 4 nitrogen and oxygen atoms in total. The van der Waals surface area contributed by atoms with Gasteiger partial charge in [0.2, 0.25) is 0 Å². The van der Waals surface area contributed by atoms with E-state index >= 15 is 0 Å². The van der Waals surface area contributed by atoms with E-state index in [0.29, 0.717) is 6.42 Å². The average molecular weight is 196 g/mol. The van der Waals surface area contributed by atoms with Crippen LogP contribution in [-0.4, -0.2) is 22.2 Å². The van der Waals surface area contributed by atoms with Gasteiger partial charge >= 0.3 is 11.9 Å². The first-order valence-electron chi connectivity index (χ1n) is 4.22. The van der Waals surface area contributed by atoms with Crippen LogP contribution in [0, 0.1) is 5.41 Å². The Labute approximate surface area is 81.6 Å². The van der Waals surface area contributed by atoms with E-state index in [2.05, 4.69) is 0 Å². The summed E-state index contributed by atoms with van der Waals surface area (Å²) in [6.45, 7) is 3.62. The van der Waals surface area contributed by atoms with Crippen molar-refractivity contribution in [1.82, 2.24) is 0 Å². The molecule has 0 spiro atoms. The van der Waals surface area contributed by atoms with Crippen LogP contribution in [0.3, 0.4) is 0 Å². The van der Waals surface area contributed by atoms with Crippen LogP contribution in [0.2, 0.25) is 0 Å². The molecule has 76 valence electrons. The molecule has 1 rings (SSSR count). The van der Waals surface area contributed by atoms with Crippen molar-refractivity contribution in [2.75, 3.05) is 0 Å². The lowest BCUT2D eigenvalue weighted by molar-refractivity contribution is -0.133. The van der Waals surface area contributed by atoms with E-state index in [9.17, 15) is 9.59 Å². The van der Waals surface area contributed by atoms with E-state index in [1.807, 2.05) is 13.8 Å². The Hall–Kier alpha value is -1.58. The van der Waals surface area contributed by atoms with Crippen molar-refractivity contribution in [3.63, 3.8) is 0 Å². The topological polar surface area (TPSA) is 74.6 Å². The van der Waals surface area contributed by atoms with E-state index < -0.39 is 17.4 Å². The maximum Gasteiger partial charge on any atom is 0.335 e. The van der Waals surface area contributed by atoms with E-state index in [4.69, 9.17) is 10.2 Å². The standard InChI is InChI=1S/C10H12O4/c1-10(2)4-6(8(11)12)3-7(5-10)9(13)14/h3-4H,5H2,1-2H3,(H,11,12)(H,13,14). The van der Waals surface area contributed by atoms with Gasteiger partial charge in [0.1, 0.15) is 0 Å². The number of carboxylic acids is 2. The van der Waals surface area contributed by atoms with Gasteiger partial charge in [-0.15, -0.1) is 0 Å². The number of aliphatic carboxylic acids is 2. The fraction of sp³-hybridized carbons (Fsp3) is 0.400. The van der Waals surface area contributed by atoms with Gasteiger partial charge in [-0.1, -0.05) is 19.9 Å². The van der Waals surface area contributed by atoms with Gasteiger partial charge in [0.05, 0.1) is 5.57 Å². The molecule has 0 bridgehead atoms. The van der Waals surface area contributed by atoms with Gasteiger partial charge in [-0.3, -0.25) is 0 Å². The summed E-state index contributed by atoms with van der Waals surface area (Å²) in [5.74, 6) is -2.14. The number of rotatable bonds is 2. The maximum atomic E-state index is 10.7. The van der Waals surface area contributed by atoms with Crippen LogP contribution >= 0.6 is 0 Å². The van der Waals surface area contributed by atoms with E-state index in [1.165, 1.54) is 6.08 Å². The van der Waals surface area contributed by atoms with Gasteiger partial charge in [0.25, 0.3) is 0 Å². The molecule has 0 aliphatic heterocycles. The quantitative estimate of drug-likeness (QED) is 0.700. The summed E-state index contributed by atoms with van der Waals surface area (Å²) in [6.07, 6.45) is 3.16. The van der Waals surface area contributed by atoms with Crippen LogP contribution in [0.15, 0.2) is 23.3 Å². The predicted octanol–water partition coefficient (Wildman–Crippen LogP) is 1.44. The number of carbonyl (C=O) groups is 2. The molecule has 0 atom stereocenters. The second kappa shape index (κ2) is 3.29. The Balaban J connectivity index is 3.11. The fourth-order valence-electron chi connectivity index (χ4n) is 1.50. The first kappa shape index (κ1) is 10.5. The van der Waals surface area contributed by atoms with Gasteiger partial charge < -0.3 is 10.2 Å². The lowest BCUT2D eigenvalue weighted by atomic mass is 9.79. The van der Waals surface area contributed by atoms with Crippen molar-refractivity contribution in [2.24, 2.45) is 5.41 Å². The largest absolute Gasteiger partial charge is 0.478 e. The maximum absolute atomic E-state index is 10.7. The van der Waals surface area contributed by atoms with Crippen molar-refractivity contribution in [1.29, 1.82) is 0 Å². The molecule has 0 fully saturated rings. The first-order valence-corrected chi connectivity index (χ1v) is 4.22. The summed E-state index contributed by atoms with van der Waals surface area (Å²) in [5, 5.41) is 17.5. The molecule has 0 aromatic rings. The molecule has 14 heavy (non-hydrogen) atoms. The summed E-state index contributed by atoms with van der Waals surface area (Å²) in [7, 11) is 0. The van der Waals surface area contributed by atoms with Crippen LogP contribution in [0.4, 0.5) is 0 Å². The molecule has 0 aromatic carbocycles. The third-order valence-electron chi connectivity index (χ3n) is 2.04. The van der Waals surface area contributed by atoms with E-state index in [0.717, 1.165) is 0 Å². The highest BCUT2D eigenvalue weighted by Gasteiger charge is 2.27. The van der Waals surface area contributed by atoms with Crippen LogP contribution in [-0.2, 0) is 9.59 Å². The van der Waals surface area contributed by atoms with Crippen molar-refractivity contribution in [3.8, 4) is 0 Å². The smallest absolute Gasteiger partial charge is 0.335 e. The SMILES string of the molecule is CC1(C)C=C(C(=O)O)C=C(C(=O)O)C1. The summed E-state index contributed by atoms with van der Waals surface area (Å²) >= 11 is 0. The number of hydrogen-bond acceptors (Lipinski definition) is 2. The molecule has 0 heterocycles. The zero-order valence-corrected chi connectivity index (χ0v) is 8.07. The molecule has 1 aliphatic rings. The lowest BCUT2D eigenvalue weighted by Gasteiger charge is -2.24. The van der Waals surface area contributed by atoms with Crippen molar-refractivity contribution >= 4 is 11.9 Å². The van der Waals surface area contributed by atoms with Crippen molar-refractivity contribution in [3.05, 3.63) is 23.3 Å². The minimum Gasteiger partial charge on any atom is -0.478 e. The van der Waals surface area contributed by atoms with Crippen LogP contribution in [0.5, 0.6) is 0 Å². The summed E-state index contributed by atoms with van der Waals surface area (Å²) in [6, 6.07) is 0. The number of allylic oxidation sites excluding steroid dienone is 1. The molecular formula is C10H12O4. The summed E-state index contributed by atoms with van der Waals surface area (Å²) in [4.78, 5) is 21.4. The van der Waals surface area contributed by atoms with Gasteiger partial charge in [-0.05, 0) is 17.9 Å². The minimum atomic E-state index is -1.09. The zero-order valence-electron chi connectivity index (χ0n) is 8.07. The van der Waals surface area contributed by atoms with E-state index in [-0.39, 0.29) is 11.1 Å². The minimum absolute atomic E-state index is 0.0543. The third kappa shape index (κ3) is 2.22. The monoisotopic (exact) mass is 196 g/mol. The predicted molar refractivity (Wildman–Crippen MR) is 49.8 cm³/mol. The molecule has 4 heteroatoms. The van der Waals surface area contributed by atoms with Gasteiger partial charge in [0, 0.05) is 5.57 Å². The normalized spacial score (nSPS) is 19.6. The molecule has 0 unspecified atom stereocenters. The molecule has 1 aliphatic carbocycles. The molecule has 0 aromatic heterocycles. The highest BCUT2D eigenvalue weighted by atomic mass is 16.4. The first-order chi connectivity index (χ1) is 6.32. The lowest BCUT2D eigenvalue weighted by Crippen LogP contribution is -2.20. The third-order valence-corrected chi connectivity index (χ3v) is 2.04. The van der Waals surface area contributed by atoms with Crippen molar-refractivity contribution < 1.29 is 19.8 Å². The van der Waals surface area contributed by atoms with Gasteiger partial charge in [0.15, 0.2) is 0 Å². The average Bonchev–Trinajstić information content (AvgIpc) is 2.01. The Bertz CT molecular complexity index is 347. The molecule has 2 N–H and O–H groups in total.